The van der Waals surface area contributed by atoms with Crippen molar-refractivity contribution in [1.29, 1.82) is 0 Å². The monoisotopic (exact) mass is 214 g/mol. The average Bonchev–Trinajstić information content (AvgIpc) is 2.34. The number of hydrogen-bond acceptors (Lipinski definition) is 3. The number of carbonyl (C=O) groups is 1. The van der Waals surface area contributed by atoms with Crippen molar-refractivity contribution in [2.24, 2.45) is 0 Å². The third kappa shape index (κ3) is 1.33. The van der Waals surface area contributed by atoms with E-state index in [0.29, 0.717) is 13.1 Å². The largest absolute Gasteiger partial charge is 0.465 e. The Hall–Kier alpha value is -0.810. The SMILES string of the molecule is CC(C)(O)C12CCC(CNC1)N2C(=O)O. The summed E-state index contributed by atoms with van der Waals surface area (Å²) in [7, 11) is 0. The molecular formula is C10H18N2O3. The van der Waals surface area contributed by atoms with Crippen LogP contribution in [0.15, 0.2) is 0 Å². The van der Waals surface area contributed by atoms with Crippen LogP contribution in [0.2, 0.25) is 0 Å². The molecule has 0 spiro atoms. The first-order chi connectivity index (χ1) is 6.88. The van der Waals surface area contributed by atoms with Gasteiger partial charge in [-0.05, 0) is 26.7 Å². The van der Waals surface area contributed by atoms with Crippen LogP contribution in [0.25, 0.3) is 0 Å². The van der Waals surface area contributed by atoms with Gasteiger partial charge in [-0.3, -0.25) is 4.90 Å². The summed E-state index contributed by atoms with van der Waals surface area (Å²) in [6.07, 6.45) is 0.658. The summed E-state index contributed by atoms with van der Waals surface area (Å²) in [5.41, 5.74) is -1.66. The molecule has 5 nitrogen and oxygen atoms in total. The van der Waals surface area contributed by atoms with E-state index in [1.807, 2.05) is 0 Å². The molecule has 0 aromatic carbocycles. The molecule has 2 heterocycles. The highest BCUT2D eigenvalue weighted by molar-refractivity contribution is 5.68. The highest BCUT2D eigenvalue weighted by Crippen LogP contribution is 2.43. The molecule has 0 aromatic rings. The number of nitrogens with zero attached hydrogens (tertiary/aromatic N) is 1. The topological polar surface area (TPSA) is 72.8 Å². The first-order valence-electron chi connectivity index (χ1n) is 5.34. The summed E-state index contributed by atoms with van der Waals surface area (Å²) in [4.78, 5) is 12.7. The molecule has 2 saturated heterocycles. The normalized spacial score (nSPS) is 35.7. The Morgan fingerprint density at radius 2 is 2.27 bits per heavy atom. The Morgan fingerprint density at radius 1 is 1.60 bits per heavy atom. The number of hydrogen-bond donors (Lipinski definition) is 3. The zero-order valence-electron chi connectivity index (χ0n) is 9.16. The third-order valence-electron chi connectivity index (χ3n) is 3.86. The summed E-state index contributed by atoms with van der Waals surface area (Å²) in [6.45, 7) is 4.63. The van der Waals surface area contributed by atoms with Gasteiger partial charge in [0.1, 0.15) is 0 Å². The van der Waals surface area contributed by atoms with Crippen molar-refractivity contribution in [3.05, 3.63) is 0 Å². The Morgan fingerprint density at radius 3 is 2.73 bits per heavy atom. The third-order valence-corrected chi connectivity index (χ3v) is 3.86. The predicted molar refractivity (Wildman–Crippen MR) is 54.8 cm³/mol. The van der Waals surface area contributed by atoms with E-state index in [1.54, 1.807) is 13.8 Å². The summed E-state index contributed by atoms with van der Waals surface area (Å²) >= 11 is 0. The molecule has 15 heavy (non-hydrogen) atoms. The second kappa shape index (κ2) is 3.09. The number of fused-ring (bicyclic) bond motifs is 2. The van der Waals surface area contributed by atoms with Crippen LogP contribution >= 0.6 is 0 Å². The van der Waals surface area contributed by atoms with E-state index in [-0.39, 0.29) is 6.04 Å². The van der Waals surface area contributed by atoms with Gasteiger partial charge in [-0.25, -0.2) is 4.79 Å². The van der Waals surface area contributed by atoms with Crippen molar-refractivity contribution in [3.8, 4) is 0 Å². The van der Waals surface area contributed by atoms with E-state index in [2.05, 4.69) is 5.32 Å². The molecule has 0 saturated carbocycles. The Kier molecular flexibility index (Phi) is 2.20. The lowest BCUT2D eigenvalue weighted by molar-refractivity contribution is -0.0811. The van der Waals surface area contributed by atoms with Crippen molar-refractivity contribution >= 4 is 6.09 Å². The molecule has 5 heteroatoms. The van der Waals surface area contributed by atoms with Crippen molar-refractivity contribution in [2.75, 3.05) is 13.1 Å². The molecule has 2 bridgehead atoms. The average molecular weight is 214 g/mol. The molecule has 0 radical (unpaired) electrons. The van der Waals surface area contributed by atoms with Gasteiger partial charge in [-0.2, -0.15) is 0 Å². The van der Waals surface area contributed by atoms with Gasteiger partial charge in [0, 0.05) is 19.1 Å². The molecular weight excluding hydrogens is 196 g/mol. The van der Waals surface area contributed by atoms with Crippen LogP contribution < -0.4 is 5.32 Å². The van der Waals surface area contributed by atoms with Crippen molar-refractivity contribution in [3.63, 3.8) is 0 Å². The maximum atomic E-state index is 11.3. The van der Waals surface area contributed by atoms with E-state index in [1.165, 1.54) is 4.90 Å². The minimum Gasteiger partial charge on any atom is -0.465 e. The molecule has 2 aliphatic heterocycles. The molecule has 2 rings (SSSR count). The van der Waals surface area contributed by atoms with E-state index >= 15 is 0 Å². The maximum Gasteiger partial charge on any atom is 0.408 e. The number of aliphatic hydroxyl groups is 1. The lowest BCUT2D eigenvalue weighted by Gasteiger charge is -2.50. The van der Waals surface area contributed by atoms with Crippen LogP contribution in [0.5, 0.6) is 0 Å². The minimum atomic E-state index is -1.01. The van der Waals surface area contributed by atoms with E-state index in [4.69, 9.17) is 0 Å². The minimum absolute atomic E-state index is 0.0164. The standard InChI is InChI=1S/C10H18N2O3/c1-9(2,15)10-4-3-7(5-11-6-10)12(10)8(13)14/h7,11,15H,3-6H2,1-2H3,(H,13,14). The van der Waals surface area contributed by atoms with Gasteiger partial charge in [0.15, 0.2) is 0 Å². The van der Waals surface area contributed by atoms with Gasteiger partial charge in [0.2, 0.25) is 0 Å². The van der Waals surface area contributed by atoms with Crippen molar-refractivity contribution in [2.45, 2.75) is 43.9 Å². The van der Waals surface area contributed by atoms with Crippen molar-refractivity contribution < 1.29 is 15.0 Å². The number of carboxylic acid groups (broad SMARTS) is 1. The lowest BCUT2D eigenvalue weighted by Crippen LogP contribution is -2.70. The Balaban J connectivity index is 2.40. The second-order valence-corrected chi connectivity index (χ2v) is 5.07. The fourth-order valence-corrected chi connectivity index (χ4v) is 2.97. The molecule has 2 aliphatic rings. The first kappa shape index (κ1) is 10.7. The van der Waals surface area contributed by atoms with Gasteiger partial charge in [0.05, 0.1) is 11.1 Å². The molecule has 86 valence electrons. The number of piperazine rings is 1. The Bertz CT molecular complexity index is 283. The number of nitrogens with one attached hydrogen (secondary N) is 1. The molecule has 1 amide bonds. The quantitative estimate of drug-likeness (QED) is 0.584. The predicted octanol–water partition coefficient (Wildman–Crippen LogP) is 0.242. The van der Waals surface area contributed by atoms with E-state index in [9.17, 15) is 15.0 Å². The smallest absolute Gasteiger partial charge is 0.408 e. The van der Waals surface area contributed by atoms with Crippen LogP contribution in [-0.2, 0) is 0 Å². The van der Waals surface area contributed by atoms with Gasteiger partial charge in [0.25, 0.3) is 0 Å². The summed E-state index contributed by atoms with van der Waals surface area (Å²) in [6, 6.07) is 0.0164. The number of amides is 1. The molecule has 2 atom stereocenters. The van der Waals surface area contributed by atoms with Crippen molar-refractivity contribution in [1.82, 2.24) is 10.2 Å². The zero-order chi connectivity index (χ0) is 11.3. The molecule has 2 fully saturated rings. The fraction of sp³-hybridized carbons (Fsp3) is 0.900. The van der Waals surface area contributed by atoms with Crippen LogP contribution in [0.4, 0.5) is 4.79 Å². The highest BCUT2D eigenvalue weighted by atomic mass is 16.4. The summed E-state index contributed by atoms with van der Waals surface area (Å²) in [5, 5.41) is 22.6. The zero-order valence-corrected chi connectivity index (χ0v) is 9.16. The molecule has 3 N–H and O–H groups in total. The maximum absolute atomic E-state index is 11.3. The summed E-state index contributed by atoms with van der Waals surface area (Å²) in [5.74, 6) is 0. The highest BCUT2D eigenvalue weighted by Gasteiger charge is 2.58. The van der Waals surface area contributed by atoms with E-state index in [0.717, 1.165) is 12.8 Å². The van der Waals surface area contributed by atoms with Crippen LogP contribution in [0, 0.1) is 0 Å². The number of rotatable bonds is 1. The molecule has 0 aromatic heterocycles. The van der Waals surface area contributed by atoms with Gasteiger partial charge >= 0.3 is 6.09 Å². The summed E-state index contributed by atoms with van der Waals surface area (Å²) < 4.78 is 0. The fourth-order valence-electron chi connectivity index (χ4n) is 2.97. The van der Waals surface area contributed by atoms with Gasteiger partial charge in [-0.1, -0.05) is 0 Å². The molecule has 0 aliphatic carbocycles. The van der Waals surface area contributed by atoms with Crippen LogP contribution in [-0.4, -0.2) is 51.5 Å². The van der Waals surface area contributed by atoms with Gasteiger partial charge < -0.3 is 15.5 Å². The van der Waals surface area contributed by atoms with E-state index < -0.39 is 17.2 Å². The molecule has 2 unspecified atom stereocenters. The van der Waals surface area contributed by atoms with Gasteiger partial charge in [-0.15, -0.1) is 0 Å². The Labute approximate surface area is 89.1 Å². The van der Waals surface area contributed by atoms with Crippen LogP contribution in [0.3, 0.4) is 0 Å². The first-order valence-corrected chi connectivity index (χ1v) is 5.34. The lowest BCUT2D eigenvalue weighted by atomic mass is 9.79. The second-order valence-electron chi connectivity index (χ2n) is 5.07. The van der Waals surface area contributed by atoms with Crippen LogP contribution in [0.1, 0.15) is 26.7 Å².